The maximum Gasteiger partial charge on any atom is 0.251 e. The first-order chi connectivity index (χ1) is 8.96. The summed E-state index contributed by atoms with van der Waals surface area (Å²) >= 11 is 0. The topological polar surface area (TPSA) is 118 Å². The highest BCUT2D eigenvalue weighted by molar-refractivity contribution is 5.76. The van der Waals surface area contributed by atoms with Gasteiger partial charge in [-0.2, -0.15) is 0 Å². The second kappa shape index (κ2) is 6.35. The summed E-state index contributed by atoms with van der Waals surface area (Å²) in [5.41, 5.74) is 4.49. The molecule has 1 aromatic rings. The van der Waals surface area contributed by atoms with Crippen LogP contribution in [0, 0.1) is 0 Å². The number of aromatic nitrogens is 1. The fraction of sp³-hybridized carbons (Fsp3) is 0.500. The van der Waals surface area contributed by atoms with Gasteiger partial charge in [0.15, 0.2) is 0 Å². The molecule has 0 spiro atoms. The van der Waals surface area contributed by atoms with Crippen molar-refractivity contribution in [2.75, 3.05) is 18.9 Å². The average molecular weight is 269 g/mol. The second-order valence-electron chi connectivity index (χ2n) is 4.43. The zero-order valence-corrected chi connectivity index (χ0v) is 10.8. The minimum Gasteiger partial charge on any atom is -0.398 e. The number of carbonyl (C=O) groups excluding carboxylic acids is 1. The summed E-state index contributed by atoms with van der Waals surface area (Å²) in [4.78, 5) is 23.3. The molecular formula is C12H19N3O4. The van der Waals surface area contributed by atoms with Crippen LogP contribution in [0.4, 0.5) is 5.69 Å². The van der Waals surface area contributed by atoms with Gasteiger partial charge in [0, 0.05) is 18.0 Å². The lowest BCUT2D eigenvalue weighted by Gasteiger charge is -2.29. The van der Waals surface area contributed by atoms with Crippen molar-refractivity contribution in [3.8, 4) is 0 Å². The van der Waals surface area contributed by atoms with E-state index in [0.717, 1.165) is 0 Å². The van der Waals surface area contributed by atoms with E-state index < -0.39 is 11.4 Å². The van der Waals surface area contributed by atoms with Crippen molar-refractivity contribution in [1.29, 1.82) is 0 Å². The smallest absolute Gasteiger partial charge is 0.251 e. The molecule has 19 heavy (non-hydrogen) atoms. The Morgan fingerprint density at radius 2 is 2.05 bits per heavy atom. The van der Waals surface area contributed by atoms with Gasteiger partial charge in [0.25, 0.3) is 5.56 Å². The molecule has 0 saturated heterocycles. The van der Waals surface area contributed by atoms with Gasteiger partial charge in [0.05, 0.1) is 18.8 Å². The number of aliphatic hydroxyl groups excluding tert-OH is 2. The normalized spacial score (nSPS) is 11.3. The second-order valence-corrected chi connectivity index (χ2v) is 4.43. The van der Waals surface area contributed by atoms with Crippen molar-refractivity contribution in [2.45, 2.75) is 25.4 Å². The van der Waals surface area contributed by atoms with E-state index >= 15 is 0 Å². The van der Waals surface area contributed by atoms with Crippen LogP contribution in [0.5, 0.6) is 0 Å². The third-order valence-electron chi connectivity index (χ3n) is 3.01. The molecule has 0 fully saturated rings. The Balaban J connectivity index is 2.80. The van der Waals surface area contributed by atoms with E-state index in [1.54, 1.807) is 6.92 Å². The molecule has 0 aliphatic carbocycles. The summed E-state index contributed by atoms with van der Waals surface area (Å²) in [5, 5.41) is 21.0. The molecule has 0 unspecified atom stereocenters. The van der Waals surface area contributed by atoms with Gasteiger partial charge in [-0.15, -0.1) is 0 Å². The minimum absolute atomic E-state index is 0.217. The van der Waals surface area contributed by atoms with Crippen molar-refractivity contribution in [2.24, 2.45) is 0 Å². The summed E-state index contributed by atoms with van der Waals surface area (Å²) in [5.74, 6) is -0.474. The summed E-state index contributed by atoms with van der Waals surface area (Å²) in [7, 11) is 0. The minimum atomic E-state index is -1.07. The number of pyridine rings is 1. The molecule has 1 amide bonds. The van der Waals surface area contributed by atoms with Crippen LogP contribution in [0.3, 0.4) is 0 Å². The molecule has 1 aromatic heterocycles. The maximum absolute atomic E-state index is 11.8. The van der Waals surface area contributed by atoms with Crippen LogP contribution in [0.2, 0.25) is 0 Å². The molecule has 0 bridgehead atoms. The molecule has 0 saturated carbocycles. The lowest BCUT2D eigenvalue weighted by atomic mass is 9.98. The Morgan fingerprint density at radius 3 is 2.58 bits per heavy atom. The number of hydrogen-bond donors (Lipinski definition) is 4. The molecule has 0 aliphatic heterocycles. The fourth-order valence-corrected chi connectivity index (χ4v) is 1.60. The summed E-state index contributed by atoms with van der Waals surface area (Å²) in [6.45, 7) is 0.764. The Morgan fingerprint density at radius 1 is 1.42 bits per heavy atom. The van der Waals surface area contributed by atoms with Crippen LogP contribution >= 0.6 is 0 Å². The van der Waals surface area contributed by atoms with Crippen molar-refractivity contribution < 1.29 is 15.0 Å². The molecule has 7 heteroatoms. The predicted octanol–water partition coefficient (Wildman–Crippen LogP) is -1.32. The highest BCUT2D eigenvalue weighted by Crippen LogP contribution is 2.08. The van der Waals surface area contributed by atoms with E-state index in [2.05, 4.69) is 5.32 Å². The van der Waals surface area contributed by atoms with Gasteiger partial charge >= 0.3 is 0 Å². The summed E-state index contributed by atoms with van der Waals surface area (Å²) in [6.07, 6.45) is 1.74. The Kier molecular flexibility index (Phi) is 5.08. The lowest BCUT2D eigenvalue weighted by Crippen LogP contribution is -2.54. The number of aliphatic hydroxyl groups is 2. The molecule has 0 aliphatic rings. The first-order valence-corrected chi connectivity index (χ1v) is 5.95. The van der Waals surface area contributed by atoms with E-state index in [9.17, 15) is 19.8 Å². The van der Waals surface area contributed by atoms with Gasteiger partial charge in [-0.3, -0.25) is 9.59 Å². The van der Waals surface area contributed by atoms with Gasteiger partial charge < -0.3 is 25.8 Å². The van der Waals surface area contributed by atoms with Crippen molar-refractivity contribution in [3.05, 3.63) is 28.7 Å². The van der Waals surface area contributed by atoms with Gasteiger partial charge in [-0.05, 0) is 12.5 Å². The number of nitrogens with two attached hydrogens (primary N) is 1. The highest BCUT2D eigenvalue weighted by atomic mass is 16.3. The molecule has 106 valence electrons. The molecule has 0 radical (unpaired) electrons. The van der Waals surface area contributed by atoms with Crippen molar-refractivity contribution in [3.63, 3.8) is 0 Å². The third kappa shape index (κ3) is 3.80. The average Bonchev–Trinajstić information content (AvgIpc) is 2.40. The first kappa shape index (κ1) is 15.2. The fourth-order valence-electron chi connectivity index (χ4n) is 1.60. The quantitative estimate of drug-likeness (QED) is 0.511. The van der Waals surface area contributed by atoms with Crippen LogP contribution in [-0.4, -0.2) is 39.4 Å². The Bertz CT molecular complexity index is 486. The molecule has 5 N–H and O–H groups in total. The van der Waals surface area contributed by atoms with Crippen molar-refractivity contribution >= 4 is 11.6 Å². The van der Waals surface area contributed by atoms with Crippen LogP contribution in [-0.2, 0) is 11.3 Å². The largest absolute Gasteiger partial charge is 0.398 e. The van der Waals surface area contributed by atoms with Crippen LogP contribution in [0.25, 0.3) is 0 Å². The summed E-state index contributed by atoms with van der Waals surface area (Å²) in [6, 6.07) is 2.72. The highest BCUT2D eigenvalue weighted by Gasteiger charge is 2.28. The number of nitrogen functional groups attached to an aromatic ring is 1. The first-order valence-electron chi connectivity index (χ1n) is 5.95. The van der Waals surface area contributed by atoms with Gasteiger partial charge in [-0.1, -0.05) is 6.92 Å². The number of carbonyl (C=O) groups is 1. The van der Waals surface area contributed by atoms with Crippen LogP contribution in [0.1, 0.15) is 13.3 Å². The van der Waals surface area contributed by atoms with E-state index in [-0.39, 0.29) is 25.3 Å². The molecular weight excluding hydrogens is 250 g/mol. The Labute approximate surface area is 110 Å². The maximum atomic E-state index is 11.8. The molecule has 7 nitrogen and oxygen atoms in total. The number of amides is 1. The number of anilines is 1. The van der Waals surface area contributed by atoms with E-state index in [0.29, 0.717) is 12.1 Å². The molecule has 0 atom stereocenters. The number of nitrogens with one attached hydrogen (secondary N) is 1. The Hall–Kier alpha value is -1.86. The van der Waals surface area contributed by atoms with E-state index in [1.807, 2.05) is 0 Å². The number of hydrogen-bond acceptors (Lipinski definition) is 5. The van der Waals surface area contributed by atoms with E-state index in [4.69, 9.17) is 5.73 Å². The predicted molar refractivity (Wildman–Crippen MR) is 70.5 cm³/mol. The SMILES string of the molecule is CCC(CO)(CO)NC(=O)Cn1cc(N)ccc1=O. The van der Waals surface area contributed by atoms with Crippen LogP contribution in [0.15, 0.2) is 23.1 Å². The van der Waals surface area contributed by atoms with Crippen LogP contribution < -0.4 is 16.6 Å². The monoisotopic (exact) mass is 269 g/mol. The lowest BCUT2D eigenvalue weighted by molar-refractivity contribution is -0.125. The molecule has 1 rings (SSSR count). The van der Waals surface area contributed by atoms with Gasteiger partial charge in [0.2, 0.25) is 5.91 Å². The molecule has 0 aromatic carbocycles. The summed E-state index contributed by atoms with van der Waals surface area (Å²) < 4.78 is 1.17. The van der Waals surface area contributed by atoms with Gasteiger partial charge in [-0.25, -0.2) is 0 Å². The third-order valence-corrected chi connectivity index (χ3v) is 3.01. The van der Waals surface area contributed by atoms with E-state index in [1.165, 1.54) is 22.9 Å². The standard InChI is InChI=1S/C12H19N3O4/c1-2-12(7-16,8-17)14-10(18)6-15-5-9(13)3-4-11(15)19/h3-5,16-17H,2,6-8,13H2,1H3,(H,14,18). The number of nitrogens with zero attached hydrogens (tertiary/aromatic N) is 1. The molecule has 1 heterocycles. The zero-order chi connectivity index (χ0) is 14.5. The zero-order valence-electron chi connectivity index (χ0n) is 10.8. The number of rotatable bonds is 6. The van der Waals surface area contributed by atoms with Gasteiger partial charge in [0.1, 0.15) is 6.54 Å². The van der Waals surface area contributed by atoms with Crippen molar-refractivity contribution in [1.82, 2.24) is 9.88 Å².